The average Bonchev–Trinajstić information content (AvgIpc) is 3.17. The van der Waals surface area contributed by atoms with Crippen molar-refractivity contribution < 1.29 is 9.15 Å². The van der Waals surface area contributed by atoms with Crippen molar-refractivity contribution in [2.45, 2.75) is 20.5 Å². The molecule has 1 aromatic heterocycles. The van der Waals surface area contributed by atoms with Crippen LogP contribution in [0.25, 0.3) is 22.9 Å². The number of hydrogen-bond donors (Lipinski definition) is 0. The Bertz CT molecular complexity index is 1020. The van der Waals surface area contributed by atoms with Gasteiger partial charge in [0.1, 0.15) is 12.4 Å². The molecule has 4 rings (SSSR count). The maximum absolute atomic E-state index is 5.87. The Hall–Kier alpha value is -3.40. The number of benzene rings is 3. The van der Waals surface area contributed by atoms with Gasteiger partial charge >= 0.3 is 0 Å². The minimum Gasteiger partial charge on any atom is -0.489 e. The van der Waals surface area contributed by atoms with Gasteiger partial charge in [-0.05, 0) is 55.8 Å². The molecule has 0 aliphatic heterocycles. The standard InChI is InChI=1S/C23H20N2O2/c1-16-12-17(2)14-20(13-16)23-25-24-22(27-23)19-8-10-21(11-9-19)26-15-18-6-4-3-5-7-18/h3-14H,15H2,1-2H3. The quantitative estimate of drug-likeness (QED) is 0.467. The Labute approximate surface area is 158 Å². The van der Waals surface area contributed by atoms with Crippen LogP contribution in [0.2, 0.25) is 0 Å². The number of rotatable bonds is 5. The van der Waals surface area contributed by atoms with Crippen LogP contribution in [-0.2, 0) is 6.61 Å². The van der Waals surface area contributed by atoms with Crippen molar-refractivity contribution in [1.29, 1.82) is 0 Å². The zero-order valence-corrected chi connectivity index (χ0v) is 15.3. The summed E-state index contributed by atoms with van der Waals surface area (Å²) in [6.45, 7) is 4.65. The van der Waals surface area contributed by atoms with Crippen molar-refractivity contribution in [3.63, 3.8) is 0 Å². The number of aromatic nitrogens is 2. The summed E-state index contributed by atoms with van der Waals surface area (Å²) in [5.74, 6) is 1.83. The third kappa shape index (κ3) is 4.06. The molecule has 4 aromatic rings. The van der Waals surface area contributed by atoms with Gasteiger partial charge in [-0.25, -0.2) is 0 Å². The van der Waals surface area contributed by atoms with Crippen LogP contribution in [0, 0.1) is 13.8 Å². The van der Waals surface area contributed by atoms with E-state index in [2.05, 4.69) is 30.1 Å². The zero-order chi connectivity index (χ0) is 18.6. The molecule has 0 fully saturated rings. The second kappa shape index (κ2) is 7.46. The summed E-state index contributed by atoms with van der Waals surface area (Å²) in [6.07, 6.45) is 0. The highest BCUT2D eigenvalue weighted by molar-refractivity contribution is 5.59. The van der Waals surface area contributed by atoms with Crippen LogP contribution in [0.4, 0.5) is 0 Å². The maximum Gasteiger partial charge on any atom is 0.248 e. The van der Waals surface area contributed by atoms with E-state index in [1.807, 2.05) is 66.7 Å². The predicted molar refractivity (Wildman–Crippen MR) is 105 cm³/mol. The zero-order valence-electron chi connectivity index (χ0n) is 15.3. The Morgan fingerprint density at radius 3 is 2.04 bits per heavy atom. The van der Waals surface area contributed by atoms with Crippen molar-refractivity contribution in [2.75, 3.05) is 0 Å². The van der Waals surface area contributed by atoms with Gasteiger partial charge in [0.05, 0.1) is 0 Å². The first kappa shape index (κ1) is 17.0. The molecular formula is C23H20N2O2. The van der Waals surface area contributed by atoms with Crippen LogP contribution < -0.4 is 4.74 Å². The number of aryl methyl sites for hydroxylation is 2. The van der Waals surface area contributed by atoms with Gasteiger partial charge in [0.25, 0.3) is 0 Å². The van der Waals surface area contributed by atoms with Crippen molar-refractivity contribution >= 4 is 0 Å². The molecule has 0 aliphatic rings. The molecule has 0 aliphatic carbocycles. The van der Waals surface area contributed by atoms with Crippen LogP contribution in [0.1, 0.15) is 16.7 Å². The van der Waals surface area contributed by atoms with E-state index < -0.39 is 0 Å². The minimum atomic E-state index is 0.499. The molecule has 0 unspecified atom stereocenters. The van der Waals surface area contributed by atoms with E-state index in [4.69, 9.17) is 9.15 Å². The highest BCUT2D eigenvalue weighted by Gasteiger charge is 2.11. The highest BCUT2D eigenvalue weighted by Crippen LogP contribution is 2.26. The number of nitrogens with zero attached hydrogens (tertiary/aromatic N) is 2. The van der Waals surface area contributed by atoms with Gasteiger partial charge < -0.3 is 9.15 Å². The molecular weight excluding hydrogens is 336 g/mol. The van der Waals surface area contributed by atoms with Gasteiger partial charge in [-0.3, -0.25) is 0 Å². The van der Waals surface area contributed by atoms with E-state index in [0.29, 0.717) is 18.4 Å². The highest BCUT2D eigenvalue weighted by atomic mass is 16.5. The fraction of sp³-hybridized carbons (Fsp3) is 0.130. The van der Waals surface area contributed by atoms with E-state index in [0.717, 1.165) is 22.4 Å². The van der Waals surface area contributed by atoms with Crippen LogP contribution in [0.15, 0.2) is 77.2 Å². The lowest BCUT2D eigenvalue weighted by atomic mass is 10.1. The SMILES string of the molecule is Cc1cc(C)cc(-c2nnc(-c3ccc(OCc4ccccc4)cc3)o2)c1. The summed E-state index contributed by atoms with van der Waals surface area (Å²) in [5.41, 5.74) is 5.28. The third-order valence-electron chi connectivity index (χ3n) is 4.24. The van der Waals surface area contributed by atoms with Gasteiger partial charge in [0, 0.05) is 11.1 Å². The largest absolute Gasteiger partial charge is 0.489 e. The van der Waals surface area contributed by atoms with Crippen LogP contribution in [-0.4, -0.2) is 10.2 Å². The van der Waals surface area contributed by atoms with E-state index in [1.165, 1.54) is 11.1 Å². The molecule has 27 heavy (non-hydrogen) atoms. The molecule has 1 heterocycles. The third-order valence-corrected chi connectivity index (χ3v) is 4.24. The summed E-state index contributed by atoms with van der Waals surface area (Å²) in [6, 6.07) is 24.0. The molecule has 134 valence electrons. The van der Waals surface area contributed by atoms with Gasteiger partial charge in [0.15, 0.2) is 0 Å². The summed E-state index contributed by atoms with van der Waals surface area (Å²) in [7, 11) is 0. The molecule has 0 spiro atoms. The maximum atomic E-state index is 5.87. The molecule has 3 aromatic carbocycles. The van der Waals surface area contributed by atoms with Gasteiger partial charge in [-0.15, -0.1) is 10.2 Å². The lowest BCUT2D eigenvalue weighted by molar-refractivity contribution is 0.306. The van der Waals surface area contributed by atoms with Gasteiger partial charge in [-0.2, -0.15) is 0 Å². The lowest BCUT2D eigenvalue weighted by Gasteiger charge is -2.06. The Morgan fingerprint density at radius 2 is 1.37 bits per heavy atom. The monoisotopic (exact) mass is 356 g/mol. The van der Waals surface area contributed by atoms with E-state index >= 15 is 0 Å². The summed E-state index contributed by atoms with van der Waals surface area (Å²) in [4.78, 5) is 0. The fourth-order valence-corrected chi connectivity index (χ4v) is 2.99. The summed E-state index contributed by atoms with van der Waals surface area (Å²) < 4.78 is 11.7. The first-order chi connectivity index (χ1) is 13.2. The predicted octanol–water partition coefficient (Wildman–Crippen LogP) is 5.60. The topological polar surface area (TPSA) is 48.2 Å². The van der Waals surface area contributed by atoms with Crippen molar-refractivity contribution in [3.05, 3.63) is 89.5 Å². The molecule has 0 N–H and O–H groups in total. The molecule has 4 heteroatoms. The second-order valence-electron chi connectivity index (χ2n) is 6.59. The molecule has 0 saturated heterocycles. The van der Waals surface area contributed by atoms with Crippen molar-refractivity contribution in [2.24, 2.45) is 0 Å². The molecule has 0 amide bonds. The van der Waals surface area contributed by atoms with Crippen molar-refractivity contribution in [1.82, 2.24) is 10.2 Å². The van der Waals surface area contributed by atoms with Crippen LogP contribution in [0.5, 0.6) is 5.75 Å². The lowest BCUT2D eigenvalue weighted by Crippen LogP contribution is -1.94. The molecule has 0 atom stereocenters. The second-order valence-corrected chi connectivity index (χ2v) is 6.59. The van der Waals surface area contributed by atoms with E-state index in [-0.39, 0.29) is 0 Å². The van der Waals surface area contributed by atoms with Crippen molar-refractivity contribution in [3.8, 4) is 28.7 Å². The molecule has 0 radical (unpaired) electrons. The van der Waals surface area contributed by atoms with Gasteiger partial charge in [-0.1, -0.05) is 47.5 Å². The van der Waals surface area contributed by atoms with Gasteiger partial charge in [0.2, 0.25) is 11.8 Å². The average molecular weight is 356 g/mol. The Morgan fingerprint density at radius 1 is 0.741 bits per heavy atom. The Balaban J connectivity index is 1.48. The molecule has 0 bridgehead atoms. The molecule has 0 saturated carbocycles. The molecule has 4 nitrogen and oxygen atoms in total. The fourth-order valence-electron chi connectivity index (χ4n) is 2.99. The van der Waals surface area contributed by atoms with E-state index in [1.54, 1.807) is 0 Å². The minimum absolute atomic E-state index is 0.499. The normalized spacial score (nSPS) is 10.7. The first-order valence-electron chi connectivity index (χ1n) is 8.87. The summed E-state index contributed by atoms with van der Waals surface area (Å²) >= 11 is 0. The summed E-state index contributed by atoms with van der Waals surface area (Å²) in [5, 5.41) is 8.38. The number of hydrogen-bond acceptors (Lipinski definition) is 4. The van der Waals surface area contributed by atoms with Crippen LogP contribution >= 0.6 is 0 Å². The smallest absolute Gasteiger partial charge is 0.248 e. The van der Waals surface area contributed by atoms with E-state index in [9.17, 15) is 0 Å². The first-order valence-corrected chi connectivity index (χ1v) is 8.87. The number of ether oxygens (including phenoxy) is 1. The van der Waals surface area contributed by atoms with Crippen LogP contribution in [0.3, 0.4) is 0 Å². The Kier molecular flexibility index (Phi) is 4.71.